The molecule has 1 heterocycles. The number of rotatable bonds is 5. The summed E-state index contributed by atoms with van der Waals surface area (Å²) in [6.45, 7) is 5.36. The van der Waals surface area contributed by atoms with Crippen molar-refractivity contribution in [3.63, 3.8) is 0 Å². The second-order valence-electron chi connectivity index (χ2n) is 4.35. The van der Waals surface area contributed by atoms with Crippen LogP contribution in [0.1, 0.15) is 21.1 Å². The normalized spacial score (nSPS) is 10.7. The van der Waals surface area contributed by atoms with Crippen LogP contribution in [-0.2, 0) is 13.2 Å². The highest BCUT2D eigenvalue weighted by Crippen LogP contribution is 2.24. The highest BCUT2D eigenvalue weighted by atomic mass is 35.5. The molecule has 0 fully saturated rings. The van der Waals surface area contributed by atoms with Gasteiger partial charge in [0.25, 0.3) is 0 Å². The maximum Gasteiger partial charge on any atom is 0.140 e. The Kier molecular flexibility index (Phi) is 4.80. The molecular formula is C14H17ClN2OS. The Balaban J connectivity index is 2.04. The van der Waals surface area contributed by atoms with Crippen molar-refractivity contribution in [3.8, 4) is 5.75 Å². The molecule has 0 bridgehead atoms. The van der Waals surface area contributed by atoms with Crippen molar-refractivity contribution in [2.24, 2.45) is 0 Å². The second-order valence-corrected chi connectivity index (χ2v) is 5.95. The van der Waals surface area contributed by atoms with Gasteiger partial charge in [-0.25, -0.2) is 4.98 Å². The van der Waals surface area contributed by atoms with Crippen LogP contribution in [0.2, 0.25) is 5.02 Å². The highest BCUT2D eigenvalue weighted by molar-refractivity contribution is 7.11. The van der Waals surface area contributed by atoms with E-state index in [1.54, 1.807) is 11.3 Å². The Bertz CT molecular complexity index is 569. The molecule has 102 valence electrons. The van der Waals surface area contributed by atoms with E-state index in [9.17, 15) is 0 Å². The van der Waals surface area contributed by atoms with E-state index in [0.717, 1.165) is 33.6 Å². The smallest absolute Gasteiger partial charge is 0.140 e. The molecule has 0 saturated carbocycles. The molecule has 1 N–H and O–H groups in total. The van der Waals surface area contributed by atoms with E-state index in [4.69, 9.17) is 16.3 Å². The van der Waals surface area contributed by atoms with E-state index < -0.39 is 0 Å². The van der Waals surface area contributed by atoms with E-state index in [0.29, 0.717) is 6.61 Å². The molecule has 0 amide bonds. The molecule has 3 nitrogen and oxygen atoms in total. The van der Waals surface area contributed by atoms with Crippen molar-refractivity contribution in [1.29, 1.82) is 0 Å². The fourth-order valence-corrected chi connectivity index (χ4v) is 3.01. The maximum absolute atomic E-state index is 5.92. The Morgan fingerprint density at radius 3 is 2.84 bits per heavy atom. The first-order chi connectivity index (χ1) is 9.10. The zero-order valence-corrected chi connectivity index (χ0v) is 12.9. The summed E-state index contributed by atoms with van der Waals surface area (Å²) in [4.78, 5) is 5.78. The van der Waals surface area contributed by atoms with Crippen molar-refractivity contribution in [2.75, 3.05) is 7.05 Å². The zero-order chi connectivity index (χ0) is 13.8. The van der Waals surface area contributed by atoms with Crippen LogP contribution in [0.4, 0.5) is 0 Å². The van der Waals surface area contributed by atoms with Crippen molar-refractivity contribution in [3.05, 3.63) is 44.4 Å². The largest absolute Gasteiger partial charge is 0.486 e. The van der Waals surface area contributed by atoms with Gasteiger partial charge in [-0.15, -0.1) is 11.3 Å². The van der Waals surface area contributed by atoms with Gasteiger partial charge in [0.1, 0.15) is 17.4 Å². The fourth-order valence-electron chi connectivity index (χ4n) is 1.79. The van der Waals surface area contributed by atoms with Crippen LogP contribution in [-0.4, -0.2) is 12.0 Å². The Morgan fingerprint density at radius 2 is 2.16 bits per heavy atom. The van der Waals surface area contributed by atoms with Gasteiger partial charge in [0.2, 0.25) is 0 Å². The molecular weight excluding hydrogens is 280 g/mol. The number of hydrogen-bond acceptors (Lipinski definition) is 4. The van der Waals surface area contributed by atoms with Gasteiger partial charge in [-0.05, 0) is 44.7 Å². The number of nitrogens with one attached hydrogen (secondary N) is 1. The second kappa shape index (κ2) is 6.37. The van der Waals surface area contributed by atoms with Crippen molar-refractivity contribution in [1.82, 2.24) is 10.3 Å². The zero-order valence-electron chi connectivity index (χ0n) is 11.3. The number of ether oxygens (including phenoxy) is 1. The Labute approximate surface area is 122 Å². The standard InChI is InChI=1S/C14H17ClN2OS/c1-9-6-11(15)4-5-12(9)18-8-14-17-10(2)13(19-14)7-16-3/h4-6,16H,7-8H2,1-3H3. The van der Waals surface area contributed by atoms with Crippen LogP contribution >= 0.6 is 22.9 Å². The van der Waals surface area contributed by atoms with Gasteiger partial charge in [-0.1, -0.05) is 11.6 Å². The number of nitrogens with zero attached hydrogens (tertiary/aromatic N) is 1. The molecule has 19 heavy (non-hydrogen) atoms. The van der Waals surface area contributed by atoms with Gasteiger partial charge in [0.15, 0.2) is 0 Å². The molecule has 0 spiro atoms. The third-order valence-electron chi connectivity index (χ3n) is 2.76. The predicted molar refractivity (Wildman–Crippen MR) is 80.1 cm³/mol. The minimum absolute atomic E-state index is 0.498. The molecule has 0 radical (unpaired) electrons. The topological polar surface area (TPSA) is 34.1 Å². The van der Waals surface area contributed by atoms with Gasteiger partial charge in [-0.2, -0.15) is 0 Å². The Morgan fingerprint density at radius 1 is 1.37 bits per heavy atom. The molecule has 0 aliphatic rings. The number of aryl methyl sites for hydroxylation is 2. The van der Waals surface area contributed by atoms with Crippen LogP contribution in [0, 0.1) is 13.8 Å². The summed E-state index contributed by atoms with van der Waals surface area (Å²) in [7, 11) is 1.94. The summed E-state index contributed by atoms with van der Waals surface area (Å²) >= 11 is 7.61. The predicted octanol–water partition coefficient (Wildman–Crippen LogP) is 3.71. The van der Waals surface area contributed by atoms with E-state index in [-0.39, 0.29) is 0 Å². The minimum Gasteiger partial charge on any atom is -0.486 e. The first-order valence-corrected chi connectivity index (χ1v) is 7.28. The summed E-state index contributed by atoms with van der Waals surface area (Å²) in [5.74, 6) is 0.854. The lowest BCUT2D eigenvalue weighted by Crippen LogP contribution is -2.04. The summed E-state index contributed by atoms with van der Waals surface area (Å²) in [5.41, 5.74) is 2.11. The molecule has 1 aromatic carbocycles. The van der Waals surface area contributed by atoms with Crippen LogP contribution in [0.25, 0.3) is 0 Å². The number of halogens is 1. The minimum atomic E-state index is 0.498. The lowest BCUT2D eigenvalue weighted by atomic mass is 10.2. The molecule has 2 aromatic rings. The van der Waals surface area contributed by atoms with Gasteiger partial charge in [-0.3, -0.25) is 0 Å². The average Bonchev–Trinajstić information content (AvgIpc) is 2.70. The molecule has 2 rings (SSSR count). The maximum atomic E-state index is 5.92. The van der Waals surface area contributed by atoms with Crippen LogP contribution in [0.5, 0.6) is 5.75 Å². The first kappa shape index (κ1) is 14.3. The number of benzene rings is 1. The van der Waals surface area contributed by atoms with Gasteiger partial charge in [0, 0.05) is 16.4 Å². The molecule has 0 aliphatic carbocycles. The number of thiazole rings is 1. The Hall–Kier alpha value is -1.10. The summed E-state index contributed by atoms with van der Waals surface area (Å²) < 4.78 is 5.79. The van der Waals surface area contributed by atoms with Crippen molar-refractivity contribution >= 4 is 22.9 Å². The monoisotopic (exact) mass is 296 g/mol. The molecule has 0 saturated heterocycles. The number of aromatic nitrogens is 1. The molecule has 0 atom stereocenters. The summed E-state index contributed by atoms with van der Waals surface area (Å²) in [6, 6.07) is 5.63. The molecule has 0 unspecified atom stereocenters. The van der Waals surface area contributed by atoms with E-state index in [2.05, 4.69) is 10.3 Å². The third kappa shape index (κ3) is 3.69. The molecule has 1 aromatic heterocycles. The van der Waals surface area contributed by atoms with Crippen LogP contribution in [0.15, 0.2) is 18.2 Å². The van der Waals surface area contributed by atoms with E-state index in [1.165, 1.54) is 4.88 Å². The fraction of sp³-hybridized carbons (Fsp3) is 0.357. The highest BCUT2D eigenvalue weighted by Gasteiger charge is 2.08. The van der Waals surface area contributed by atoms with E-state index in [1.807, 2.05) is 39.1 Å². The third-order valence-corrected chi connectivity index (χ3v) is 4.13. The quantitative estimate of drug-likeness (QED) is 0.913. The summed E-state index contributed by atoms with van der Waals surface area (Å²) in [6.07, 6.45) is 0. The van der Waals surface area contributed by atoms with Gasteiger partial charge in [0.05, 0.1) is 5.69 Å². The molecule has 5 heteroatoms. The SMILES string of the molecule is CNCc1sc(COc2ccc(Cl)cc2C)nc1C. The van der Waals surface area contributed by atoms with Gasteiger partial charge >= 0.3 is 0 Å². The number of hydrogen-bond donors (Lipinski definition) is 1. The van der Waals surface area contributed by atoms with Crippen molar-refractivity contribution < 1.29 is 4.74 Å². The molecule has 0 aliphatic heterocycles. The van der Waals surface area contributed by atoms with Crippen LogP contribution < -0.4 is 10.1 Å². The van der Waals surface area contributed by atoms with Crippen molar-refractivity contribution in [2.45, 2.75) is 27.0 Å². The summed E-state index contributed by atoms with van der Waals surface area (Å²) in [5, 5.41) is 4.87. The van der Waals surface area contributed by atoms with Crippen LogP contribution in [0.3, 0.4) is 0 Å². The lowest BCUT2D eigenvalue weighted by Gasteiger charge is -2.07. The first-order valence-electron chi connectivity index (χ1n) is 6.09. The van der Waals surface area contributed by atoms with Gasteiger partial charge < -0.3 is 10.1 Å². The average molecular weight is 297 g/mol. The van der Waals surface area contributed by atoms with E-state index >= 15 is 0 Å². The lowest BCUT2D eigenvalue weighted by molar-refractivity contribution is 0.303.